The summed E-state index contributed by atoms with van der Waals surface area (Å²) >= 11 is 0. The molecule has 1 aromatic carbocycles. The van der Waals surface area contributed by atoms with E-state index < -0.39 is 5.97 Å². The zero-order valence-corrected chi connectivity index (χ0v) is 12.6. The number of amides is 1. The molecule has 0 fully saturated rings. The number of carbonyl (C=O) groups excluding carboxylic acids is 1. The first kappa shape index (κ1) is 15.8. The molecule has 0 spiro atoms. The molecule has 0 aliphatic carbocycles. The monoisotopic (exact) mass is 301 g/mol. The second-order valence-corrected chi connectivity index (χ2v) is 5.17. The molecular formula is C16H19N3O3. The van der Waals surface area contributed by atoms with Gasteiger partial charge in [-0.3, -0.25) is 14.5 Å². The van der Waals surface area contributed by atoms with Crippen LogP contribution >= 0.6 is 0 Å². The zero-order valence-electron chi connectivity index (χ0n) is 12.6. The van der Waals surface area contributed by atoms with Gasteiger partial charge in [0.05, 0.1) is 12.5 Å². The lowest BCUT2D eigenvalue weighted by Gasteiger charge is -2.30. The van der Waals surface area contributed by atoms with Gasteiger partial charge in [0.2, 0.25) is 5.91 Å². The van der Waals surface area contributed by atoms with Gasteiger partial charge in [-0.15, -0.1) is 0 Å². The second-order valence-electron chi connectivity index (χ2n) is 5.17. The summed E-state index contributed by atoms with van der Waals surface area (Å²) in [5, 5.41) is 17.7. The third-order valence-electron chi connectivity index (χ3n) is 3.83. The standard InChI is InChI=1S/C16H19N3O3/c1-2-18(9-7-16(21)22)13-4-5-14-12(11-13)3-6-15(20)19(14)10-8-17/h4-5,11H,2-3,6-7,9-10H2,1H3,(H,21,22). The number of hydrogen-bond donors (Lipinski definition) is 1. The van der Waals surface area contributed by atoms with E-state index in [1.165, 1.54) is 4.90 Å². The van der Waals surface area contributed by atoms with Crippen LogP contribution in [0.25, 0.3) is 0 Å². The summed E-state index contributed by atoms with van der Waals surface area (Å²) in [6, 6.07) is 7.75. The molecule has 0 atom stereocenters. The van der Waals surface area contributed by atoms with Gasteiger partial charge in [0.25, 0.3) is 0 Å². The van der Waals surface area contributed by atoms with Gasteiger partial charge >= 0.3 is 5.97 Å². The van der Waals surface area contributed by atoms with Gasteiger partial charge in [-0.1, -0.05) is 0 Å². The largest absolute Gasteiger partial charge is 0.481 e. The van der Waals surface area contributed by atoms with Gasteiger partial charge in [0.15, 0.2) is 0 Å². The van der Waals surface area contributed by atoms with Crippen molar-refractivity contribution in [1.29, 1.82) is 5.26 Å². The Bertz CT molecular complexity index is 622. The molecule has 0 bridgehead atoms. The SMILES string of the molecule is CCN(CCC(=O)O)c1ccc2c(c1)CCC(=O)N2CC#N. The van der Waals surface area contributed by atoms with E-state index in [1.54, 1.807) is 0 Å². The normalized spacial score (nSPS) is 13.5. The van der Waals surface area contributed by atoms with Crippen LogP contribution in [0.15, 0.2) is 18.2 Å². The molecule has 1 aliphatic heterocycles. The van der Waals surface area contributed by atoms with E-state index in [-0.39, 0.29) is 18.9 Å². The number of carbonyl (C=O) groups is 2. The highest BCUT2D eigenvalue weighted by Gasteiger charge is 2.24. The molecule has 0 aromatic heterocycles. The lowest BCUT2D eigenvalue weighted by atomic mass is 10.00. The first-order valence-electron chi connectivity index (χ1n) is 7.33. The van der Waals surface area contributed by atoms with Crippen molar-refractivity contribution in [3.05, 3.63) is 23.8 Å². The number of hydrogen-bond acceptors (Lipinski definition) is 4. The number of nitrogens with zero attached hydrogens (tertiary/aromatic N) is 3. The fraction of sp³-hybridized carbons (Fsp3) is 0.438. The Balaban J connectivity index is 2.25. The van der Waals surface area contributed by atoms with Gasteiger partial charge in [-0.2, -0.15) is 5.26 Å². The number of anilines is 2. The van der Waals surface area contributed by atoms with Crippen molar-refractivity contribution in [2.75, 3.05) is 29.4 Å². The number of carboxylic acids is 1. The van der Waals surface area contributed by atoms with Crippen LogP contribution in [0.1, 0.15) is 25.3 Å². The fourth-order valence-electron chi connectivity index (χ4n) is 2.69. The summed E-state index contributed by atoms with van der Waals surface area (Å²) in [6.07, 6.45) is 1.14. The van der Waals surface area contributed by atoms with E-state index in [0.29, 0.717) is 25.9 Å². The highest BCUT2D eigenvalue weighted by molar-refractivity contribution is 5.97. The van der Waals surface area contributed by atoms with Crippen molar-refractivity contribution in [1.82, 2.24) is 0 Å². The third kappa shape index (κ3) is 3.37. The topological polar surface area (TPSA) is 84.6 Å². The van der Waals surface area contributed by atoms with Crippen LogP contribution in [0.4, 0.5) is 11.4 Å². The Morgan fingerprint density at radius 1 is 1.45 bits per heavy atom. The zero-order chi connectivity index (χ0) is 16.1. The van der Waals surface area contributed by atoms with Crippen molar-refractivity contribution in [2.24, 2.45) is 0 Å². The second kappa shape index (κ2) is 6.94. The number of aliphatic carboxylic acids is 1. The maximum atomic E-state index is 11.9. The van der Waals surface area contributed by atoms with Crippen LogP contribution in [0.3, 0.4) is 0 Å². The number of carboxylic acid groups (broad SMARTS) is 1. The molecule has 1 aromatic rings. The average molecular weight is 301 g/mol. The molecule has 1 heterocycles. The van der Waals surface area contributed by atoms with Gasteiger partial charge in [-0.05, 0) is 37.1 Å². The minimum absolute atomic E-state index is 0.0278. The minimum atomic E-state index is -0.817. The fourth-order valence-corrected chi connectivity index (χ4v) is 2.69. The average Bonchev–Trinajstić information content (AvgIpc) is 2.50. The van der Waals surface area contributed by atoms with Crippen LogP contribution in [0.2, 0.25) is 0 Å². The molecule has 116 valence electrons. The molecule has 0 radical (unpaired) electrons. The van der Waals surface area contributed by atoms with Crippen molar-refractivity contribution < 1.29 is 14.7 Å². The summed E-state index contributed by atoms with van der Waals surface area (Å²) in [6.45, 7) is 3.20. The predicted octanol–water partition coefficient (Wildman–Crippen LogP) is 1.79. The number of aryl methyl sites for hydroxylation is 1. The van der Waals surface area contributed by atoms with Crippen molar-refractivity contribution in [3.8, 4) is 6.07 Å². The van der Waals surface area contributed by atoms with E-state index >= 15 is 0 Å². The van der Waals surface area contributed by atoms with Gasteiger partial charge < -0.3 is 10.0 Å². The van der Waals surface area contributed by atoms with Crippen molar-refractivity contribution >= 4 is 23.3 Å². The molecular weight excluding hydrogens is 282 g/mol. The van der Waals surface area contributed by atoms with E-state index in [0.717, 1.165) is 16.9 Å². The number of fused-ring (bicyclic) bond motifs is 1. The van der Waals surface area contributed by atoms with E-state index in [2.05, 4.69) is 0 Å². The summed E-state index contributed by atoms with van der Waals surface area (Å²) in [5.41, 5.74) is 2.77. The Hall–Kier alpha value is -2.55. The molecule has 1 N–H and O–H groups in total. The number of benzene rings is 1. The minimum Gasteiger partial charge on any atom is -0.481 e. The van der Waals surface area contributed by atoms with Gasteiger partial charge in [0.1, 0.15) is 6.54 Å². The Kier molecular flexibility index (Phi) is 4.99. The van der Waals surface area contributed by atoms with E-state index in [9.17, 15) is 9.59 Å². The molecule has 22 heavy (non-hydrogen) atoms. The van der Waals surface area contributed by atoms with Crippen molar-refractivity contribution in [2.45, 2.75) is 26.2 Å². The Morgan fingerprint density at radius 2 is 2.23 bits per heavy atom. The lowest BCUT2D eigenvalue weighted by molar-refractivity contribution is -0.136. The molecule has 0 unspecified atom stereocenters. The lowest BCUT2D eigenvalue weighted by Crippen LogP contribution is -2.35. The first-order chi connectivity index (χ1) is 10.6. The highest BCUT2D eigenvalue weighted by Crippen LogP contribution is 2.31. The molecule has 1 aliphatic rings. The highest BCUT2D eigenvalue weighted by atomic mass is 16.4. The molecule has 1 amide bonds. The smallest absolute Gasteiger partial charge is 0.305 e. The molecule has 6 nitrogen and oxygen atoms in total. The molecule has 6 heteroatoms. The van der Waals surface area contributed by atoms with Gasteiger partial charge in [0, 0.05) is 30.9 Å². The summed E-state index contributed by atoms with van der Waals surface area (Å²) in [4.78, 5) is 26.1. The van der Waals surface area contributed by atoms with Crippen LogP contribution in [-0.4, -0.2) is 36.6 Å². The first-order valence-corrected chi connectivity index (χ1v) is 7.33. The van der Waals surface area contributed by atoms with E-state index in [1.807, 2.05) is 36.1 Å². The number of rotatable bonds is 6. The van der Waals surface area contributed by atoms with Crippen LogP contribution in [-0.2, 0) is 16.0 Å². The molecule has 2 rings (SSSR count). The molecule has 0 saturated heterocycles. The van der Waals surface area contributed by atoms with E-state index in [4.69, 9.17) is 10.4 Å². The maximum absolute atomic E-state index is 11.9. The van der Waals surface area contributed by atoms with Crippen LogP contribution < -0.4 is 9.80 Å². The molecule has 0 saturated carbocycles. The quantitative estimate of drug-likeness (QED) is 0.810. The third-order valence-corrected chi connectivity index (χ3v) is 3.83. The summed E-state index contributed by atoms with van der Waals surface area (Å²) in [7, 11) is 0. The Labute approximate surface area is 129 Å². The Morgan fingerprint density at radius 3 is 2.86 bits per heavy atom. The predicted molar refractivity (Wildman–Crippen MR) is 82.9 cm³/mol. The van der Waals surface area contributed by atoms with Crippen molar-refractivity contribution in [3.63, 3.8) is 0 Å². The van der Waals surface area contributed by atoms with Crippen LogP contribution in [0.5, 0.6) is 0 Å². The summed E-state index contributed by atoms with van der Waals surface area (Å²) in [5.74, 6) is -0.845. The maximum Gasteiger partial charge on any atom is 0.305 e. The summed E-state index contributed by atoms with van der Waals surface area (Å²) < 4.78 is 0. The van der Waals surface area contributed by atoms with Crippen LogP contribution in [0, 0.1) is 11.3 Å². The number of nitriles is 1. The van der Waals surface area contributed by atoms with Gasteiger partial charge in [-0.25, -0.2) is 0 Å².